The van der Waals surface area contributed by atoms with E-state index in [1.54, 1.807) is 26.8 Å². The van der Waals surface area contributed by atoms with E-state index in [2.05, 4.69) is 0 Å². The molecule has 0 aromatic carbocycles. The second-order valence-electron chi connectivity index (χ2n) is 10.3. The number of carbonyl (C=O) groups is 2. The van der Waals surface area contributed by atoms with Crippen LogP contribution in [0.15, 0.2) is 23.8 Å². The molecular weight excluding hydrogens is 422 g/mol. The first-order valence-electron chi connectivity index (χ1n) is 10.9. The topological polar surface area (TPSA) is 104 Å². The first-order chi connectivity index (χ1) is 14.3. The van der Waals surface area contributed by atoms with Crippen molar-refractivity contribution < 1.29 is 33.6 Å². The third-order valence-electron chi connectivity index (χ3n) is 9.03. The maximum atomic E-state index is 17.0. The molecule has 3 N–H and O–H groups in total. The zero-order valence-corrected chi connectivity index (χ0v) is 19.4. The lowest BCUT2D eigenvalue weighted by Gasteiger charge is -2.62. The summed E-state index contributed by atoms with van der Waals surface area (Å²) in [6.45, 7) is 6.35. The molecule has 3 fully saturated rings. The fraction of sp³-hybridized carbons (Fsp3) is 0.739. The highest BCUT2D eigenvalue weighted by Gasteiger charge is 2.75. The Labute approximate surface area is 183 Å². The molecule has 31 heavy (non-hydrogen) atoms. The molecule has 0 aromatic heterocycles. The van der Waals surface area contributed by atoms with Gasteiger partial charge in [0.2, 0.25) is 0 Å². The van der Waals surface area contributed by atoms with Crippen molar-refractivity contribution in [3.05, 3.63) is 23.8 Å². The molecule has 6 unspecified atom stereocenters. The summed E-state index contributed by atoms with van der Waals surface area (Å²) in [5, 5.41) is 23.0. The molecule has 3 saturated carbocycles. The summed E-state index contributed by atoms with van der Waals surface area (Å²) in [4.78, 5) is 34.5. The first kappa shape index (κ1) is 23.2. The van der Waals surface area contributed by atoms with Gasteiger partial charge in [0.25, 0.3) is 0 Å². The fourth-order valence-electron chi connectivity index (χ4n) is 7.40. The average molecular weight is 454 g/mol. The number of alkyl halides is 1. The molecule has 0 bridgehead atoms. The van der Waals surface area contributed by atoms with Crippen molar-refractivity contribution in [2.45, 2.75) is 63.8 Å². The molecule has 0 spiro atoms. The summed E-state index contributed by atoms with van der Waals surface area (Å²) in [7, 11) is -1.75. The fourth-order valence-corrected chi connectivity index (χ4v) is 7.71. The third-order valence-corrected chi connectivity index (χ3v) is 9.53. The van der Waals surface area contributed by atoms with Crippen molar-refractivity contribution in [2.75, 3.05) is 13.3 Å². The van der Waals surface area contributed by atoms with Crippen LogP contribution in [-0.4, -0.2) is 57.3 Å². The molecule has 9 atom stereocenters. The number of halogens is 1. The number of aliphatic hydroxyl groups excluding tert-OH is 1. The second-order valence-corrected chi connectivity index (χ2v) is 11.5. The molecule has 0 saturated heterocycles. The van der Waals surface area contributed by atoms with E-state index in [-0.39, 0.29) is 18.1 Å². The number of hydrogen-bond donors (Lipinski definition) is 3. The molecule has 0 amide bonds. The van der Waals surface area contributed by atoms with Crippen LogP contribution in [0.2, 0.25) is 0 Å². The van der Waals surface area contributed by atoms with E-state index in [4.69, 9.17) is 4.52 Å². The maximum absolute atomic E-state index is 17.0. The molecule has 0 heterocycles. The average Bonchev–Trinajstić information content (AvgIpc) is 2.89. The maximum Gasteiger partial charge on any atom is 0.191 e. The highest BCUT2D eigenvalue weighted by molar-refractivity contribution is 7.45. The van der Waals surface area contributed by atoms with Crippen LogP contribution in [0, 0.1) is 28.6 Å². The molecule has 0 aliphatic heterocycles. The lowest BCUT2D eigenvalue weighted by Crippen LogP contribution is -2.69. The molecule has 6 nitrogen and oxygen atoms in total. The van der Waals surface area contributed by atoms with Crippen LogP contribution in [0.25, 0.3) is 0 Å². The van der Waals surface area contributed by atoms with Gasteiger partial charge < -0.3 is 19.6 Å². The number of carbonyl (C=O) groups excluding carboxylic acids is 2. The normalized spacial score (nSPS) is 49.7. The van der Waals surface area contributed by atoms with Crippen LogP contribution in [0.3, 0.4) is 0 Å². The smallest absolute Gasteiger partial charge is 0.191 e. The van der Waals surface area contributed by atoms with Gasteiger partial charge in [0, 0.05) is 23.4 Å². The van der Waals surface area contributed by atoms with E-state index < -0.39 is 60.8 Å². The van der Waals surface area contributed by atoms with E-state index in [1.165, 1.54) is 18.8 Å². The van der Waals surface area contributed by atoms with Crippen molar-refractivity contribution in [1.82, 2.24) is 0 Å². The summed E-state index contributed by atoms with van der Waals surface area (Å²) >= 11 is 0. The van der Waals surface area contributed by atoms with Gasteiger partial charge in [-0.05, 0) is 56.6 Å². The molecule has 8 heteroatoms. The Morgan fingerprint density at radius 3 is 2.68 bits per heavy atom. The predicted octanol–water partition coefficient (Wildman–Crippen LogP) is 2.85. The van der Waals surface area contributed by atoms with Gasteiger partial charge >= 0.3 is 0 Å². The monoisotopic (exact) mass is 454 g/mol. The predicted molar refractivity (Wildman–Crippen MR) is 114 cm³/mol. The number of aliphatic hydroxyl groups is 2. The van der Waals surface area contributed by atoms with Crippen LogP contribution < -0.4 is 0 Å². The summed E-state index contributed by atoms with van der Waals surface area (Å²) in [6.07, 6.45) is 4.43. The minimum absolute atomic E-state index is 0.0675. The number of hydrogen-bond acceptors (Lipinski definition) is 6. The van der Waals surface area contributed by atoms with Gasteiger partial charge in [-0.3, -0.25) is 9.59 Å². The Balaban J connectivity index is 1.75. The standard InChI is InChI=1S/C23H32FO6P/c1-13-9-17-16-6-5-14-10-15(25)7-8-20(14,2)22(16,24)18(26)11-21(17,3)23(13,28)19(27)12-30-31(4)29/h7-8,10,13,16-18,26,28-29H,5-6,9,11-12H2,1-4H3/t13-,16?,17?,18?,20?,21?,22+,23+,31?/m1/s1. The van der Waals surface area contributed by atoms with E-state index in [1.807, 2.05) is 0 Å². The Bertz CT molecular complexity index is 872. The Morgan fingerprint density at radius 2 is 2.03 bits per heavy atom. The summed E-state index contributed by atoms with van der Waals surface area (Å²) in [5.74, 6) is -2.01. The van der Waals surface area contributed by atoms with Crippen molar-refractivity contribution in [3.8, 4) is 0 Å². The zero-order valence-electron chi connectivity index (χ0n) is 18.5. The number of fused-ring (bicyclic) bond motifs is 5. The van der Waals surface area contributed by atoms with E-state index in [9.17, 15) is 24.7 Å². The number of allylic oxidation sites excluding steroid dienone is 4. The van der Waals surface area contributed by atoms with E-state index in [0.717, 1.165) is 0 Å². The SMILES string of the molecule is C[C@@H]1CC2C3CCC4=CC(=O)C=CC4(C)[C@@]3(F)C(O)CC2(C)[C@@]1(O)C(=O)COP(C)O. The van der Waals surface area contributed by atoms with Crippen LogP contribution in [-0.2, 0) is 14.1 Å². The molecule has 4 rings (SSSR count). The molecular formula is C23H32FO6P. The minimum Gasteiger partial charge on any atom is -0.390 e. The number of ketones is 2. The third kappa shape index (κ3) is 2.86. The van der Waals surface area contributed by atoms with E-state index in [0.29, 0.717) is 24.8 Å². The van der Waals surface area contributed by atoms with Crippen LogP contribution in [0.1, 0.15) is 46.5 Å². The Kier molecular flexibility index (Phi) is 5.43. The highest BCUT2D eigenvalue weighted by Crippen LogP contribution is 2.70. The van der Waals surface area contributed by atoms with Crippen LogP contribution in [0.5, 0.6) is 0 Å². The number of rotatable bonds is 4. The molecule has 0 radical (unpaired) electrons. The second kappa shape index (κ2) is 7.26. The van der Waals surface area contributed by atoms with Gasteiger partial charge in [-0.15, -0.1) is 0 Å². The molecule has 4 aliphatic rings. The minimum atomic E-state index is -1.99. The Hall–Kier alpha value is -0.980. The van der Waals surface area contributed by atoms with Crippen molar-refractivity contribution in [2.24, 2.45) is 28.6 Å². The van der Waals surface area contributed by atoms with Crippen molar-refractivity contribution >= 4 is 19.9 Å². The van der Waals surface area contributed by atoms with Gasteiger partial charge in [0.1, 0.15) is 12.2 Å². The largest absolute Gasteiger partial charge is 0.390 e. The van der Waals surface area contributed by atoms with Crippen LogP contribution in [0.4, 0.5) is 4.39 Å². The highest BCUT2D eigenvalue weighted by atomic mass is 31.2. The van der Waals surface area contributed by atoms with Gasteiger partial charge in [-0.25, -0.2) is 4.39 Å². The van der Waals surface area contributed by atoms with Crippen molar-refractivity contribution in [1.29, 1.82) is 0 Å². The summed E-state index contributed by atoms with van der Waals surface area (Å²) < 4.78 is 22.2. The van der Waals surface area contributed by atoms with Crippen LogP contribution >= 0.6 is 8.38 Å². The Morgan fingerprint density at radius 1 is 1.35 bits per heavy atom. The van der Waals surface area contributed by atoms with Gasteiger partial charge in [0.15, 0.2) is 25.6 Å². The quantitative estimate of drug-likeness (QED) is 0.565. The van der Waals surface area contributed by atoms with Gasteiger partial charge in [0.05, 0.1) is 6.10 Å². The zero-order chi connectivity index (χ0) is 23.0. The molecule has 0 aromatic rings. The van der Waals surface area contributed by atoms with Gasteiger partial charge in [-0.2, -0.15) is 0 Å². The summed E-state index contributed by atoms with van der Waals surface area (Å²) in [5.41, 5.74) is -5.20. The van der Waals surface area contributed by atoms with Crippen molar-refractivity contribution in [3.63, 3.8) is 0 Å². The van der Waals surface area contributed by atoms with Gasteiger partial charge in [-0.1, -0.05) is 25.5 Å². The number of Topliss-reactive ketones (excluding diaryl/α,β-unsaturated/α-hetero) is 1. The summed E-state index contributed by atoms with van der Waals surface area (Å²) in [6, 6.07) is 0. The van der Waals surface area contributed by atoms with E-state index >= 15 is 4.39 Å². The first-order valence-corrected chi connectivity index (χ1v) is 12.6. The molecule has 4 aliphatic carbocycles. The molecule has 172 valence electrons. The lowest BCUT2D eigenvalue weighted by molar-refractivity contribution is -0.219. The lowest BCUT2D eigenvalue weighted by atomic mass is 9.44.